The van der Waals surface area contributed by atoms with Crippen LogP contribution in [0.15, 0.2) is 59.9 Å². The molecular formula is C21H23N7O2. The second-order valence-electron chi connectivity index (χ2n) is 7.18. The molecule has 2 aliphatic heterocycles. The van der Waals surface area contributed by atoms with Crippen LogP contribution in [-0.4, -0.2) is 57.6 Å². The number of hydrogen-bond acceptors (Lipinski definition) is 8. The number of rotatable bonds is 6. The van der Waals surface area contributed by atoms with E-state index in [0.717, 1.165) is 12.1 Å². The standard InChI is InChI=1S/C21H23N7O2/c22-20(30)17-8-11-28(13-25-17)15-6-9-23-18(12-15)19(29)16-7-10-24-21(27-16)26-14-4-2-1-3-5-14/h1-5,7-8,10-11,15,18,23H,6,9,12-13H2,(H2,22,30)(H,24,26,27). The van der Waals surface area contributed by atoms with Crippen LogP contribution in [0.5, 0.6) is 0 Å². The highest BCUT2D eigenvalue weighted by Gasteiger charge is 2.31. The number of anilines is 2. The summed E-state index contributed by atoms with van der Waals surface area (Å²) in [5.41, 5.74) is 6.76. The Kier molecular flexibility index (Phi) is 5.80. The number of nitrogens with one attached hydrogen (secondary N) is 2. The molecule has 4 N–H and O–H groups in total. The molecule has 2 unspecified atom stereocenters. The third-order valence-electron chi connectivity index (χ3n) is 5.18. The van der Waals surface area contributed by atoms with E-state index >= 15 is 0 Å². The van der Waals surface area contributed by atoms with Crippen LogP contribution >= 0.6 is 0 Å². The van der Waals surface area contributed by atoms with Crippen LogP contribution in [0.3, 0.4) is 0 Å². The van der Waals surface area contributed by atoms with Crippen molar-refractivity contribution in [3.8, 4) is 0 Å². The number of aliphatic imine (C=N–C) groups is 1. The molecule has 0 spiro atoms. The van der Waals surface area contributed by atoms with E-state index in [2.05, 4.69) is 25.6 Å². The molecule has 30 heavy (non-hydrogen) atoms. The number of amides is 1. The summed E-state index contributed by atoms with van der Waals surface area (Å²) in [5, 5.41) is 6.40. The Bertz CT molecular complexity index is 990. The number of hydrogen-bond donors (Lipinski definition) is 3. The SMILES string of the molecule is NC(=O)C1=NCN(C2CCNC(C(=O)c3ccnc(Nc4ccccc4)n3)C2)C=C1. The molecule has 154 valence electrons. The molecule has 0 aliphatic carbocycles. The Hall–Kier alpha value is -3.59. The van der Waals surface area contributed by atoms with Crippen molar-refractivity contribution in [2.75, 3.05) is 18.5 Å². The maximum Gasteiger partial charge on any atom is 0.266 e. The third-order valence-corrected chi connectivity index (χ3v) is 5.18. The number of carbonyl (C=O) groups is 2. The molecule has 2 aliphatic rings. The zero-order valence-electron chi connectivity index (χ0n) is 16.4. The van der Waals surface area contributed by atoms with Gasteiger partial charge in [-0.1, -0.05) is 18.2 Å². The van der Waals surface area contributed by atoms with Gasteiger partial charge in [0.25, 0.3) is 5.91 Å². The highest BCUT2D eigenvalue weighted by molar-refractivity contribution is 6.42. The van der Waals surface area contributed by atoms with Gasteiger partial charge in [-0.3, -0.25) is 14.6 Å². The minimum atomic E-state index is -0.534. The van der Waals surface area contributed by atoms with Crippen LogP contribution in [0.1, 0.15) is 23.3 Å². The summed E-state index contributed by atoms with van der Waals surface area (Å²) < 4.78 is 0. The Morgan fingerprint density at radius 2 is 2.03 bits per heavy atom. The largest absolute Gasteiger partial charge is 0.364 e. The molecule has 9 nitrogen and oxygen atoms in total. The molecule has 0 saturated carbocycles. The maximum absolute atomic E-state index is 13.1. The van der Waals surface area contributed by atoms with Gasteiger partial charge >= 0.3 is 0 Å². The highest BCUT2D eigenvalue weighted by atomic mass is 16.1. The molecule has 0 bridgehead atoms. The lowest BCUT2D eigenvalue weighted by atomic mass is 9.94. The number of nitrogens with zero attached hydrogens (tertiary/aromatic N) is 4. The molecule has 2 atom stereocenters. The number of benzene rings is 1. The topological polar surface area (TPSA) is 126 Å². The van der Waals surface area contributed by atoms with Crippen LogP contribution in [0.25, 0.3) is 0 Å². The second-order valence-corrected chi connectivity index (χ2v) is 7.18. The van der Waals surface area contributed by atoms with Crippen molar-refractivity contribution in [2.45, 2.75) is 24.9 Å². The summed E-state index contributed by atoms with van der Waals surface area (Å²) in [6.45, 7) is 1.07. The maximum atomic E-state index is 13.1. The highest BCUT2D eigenvalue weighted by Crippen LogP contribution is 2.20. The molecule has 3 heterocycles. The van der Waals surface area contributed by atoms with E-state index < -0.39 is 5.91 Å². The number of piperidine rings is 1. The van der Waals surface area contributed by atoms with Gasteiger partial charge in [0.2, 0.25) is 5.95 Å². The summed E-state index contributed by atoms with van der Waals surface area (Å²) in [4.78, 5) is 39.2. The third kappa shape index (κ3) is 4.52. The number of carbonyl (C=O) groups excluding carboxylic acids is 2. The zero-order valence-corrected chi connectivity index (χ0v) is 16.4. The van der Waals surface area contributed by atoms with Gasteiger partial charge in [-0.2, -0.15) is 0 Å². The Morgan fingerprint density at radius 1 is 1.20 bits per heavy atom. The summed E-state index contributed by atoms with van der Waals surface area (Å²) in [5.74, 6) is -0.222. The molecule has 1 amide bonds. The first kappa shape index (κ1) is 19.7. The van der Waals surface area contributed by atoms with Gasteiger partial charge in [0, 0.05) is 24.1 Å². The average Bonchev–Trinajstić information content (AvgIpc) is 2.79. The molecule has 1 aromatic heterocycles. The summed E-state index contributed by atoms with van der Waals surface area (Å²) in [6, 6.07) is 11.0. The Labute approximate surface area is 174 Å². The number of Topliss-reactive ketones (excluding diaryl/α,β-unsaturated/α-hetero) is 1. The summed E-state index contributed by atoms with van der Waals surface area (Å²) >= 11 is 0. The molecule has 4 rings (SSSR count). The fourth-order valence-electron chi connectivity index (χ4n) is 3.60. The number of ketones is 1. The van der Waals surface area contributed by atoms with E-state index in [0.29, 0.717) is 31.3 Å². The monoisotopic (exact) mass is 405 g/mol. The van der Waals surface area contributed by atoms with Gasteiger partial charge in [0.05, 0.1) is 6.04 Å². The van der Waals surface area contributed by atoms with E-state index in [1.165, 1.54) is 0 Å². The van der Waals surface area contributed by atoms with Gasteiger partial charge in [0.15, 0.2) is 5.78 Å². The van der Waals surface area contributed by atoms with E-state index in [1.54, 1.807) is 18.3 Å². The van der Waals surface area contributed by atoms with Crippen molar-refractivity contribution < 1.29 is 9.59 Å². The fourth-order valence-corrected chi connectivity index (χ4v) is 3.60. The average molecular weight is 405 g/mol. The van der Waals surface area contributed by atoms with Gasteiger partial charge < -0.3 is 21.3 Å². The second kappa shape index (κ2) is 8.83. The predicted octanol–water partition coefficient (Wildman–Crippen LogP) is 1.24. The van der Waals surface area contributed by atoms with Crippen LogP contribution in [-0.2, 0) is 4.79 Å². The Morgan fingerprint density at radius 3 is 2.77 bits per heavy atom. The zero-order chi connectivity index (χ0) is 20.9. The van der Waals surface area contributed by atoms with Crippen LogP contribution < -0.4 is 16.4 Å². The number of primary amides is 1. The van der Waals surface area contributed by atoms with Crippen LogP contribution in [0, 0.1) is 0 Å². The van der Waals surface area contributed by atoms with Gasteiger partial charge in [0.1, 0.15) is 18.1 Å². The first-order chi connectivity index (χ1) is 14.6. The van der Waals surface area contributed by atoms with Gasteiger partial charge in [-0.25, -0.2) is 9.97 Å². The molecule has 2 aromatic rings. The minimum absolute atomic E-state index is 0.0690. The van der Waals surface area contributed by atoms with Gasteiger partial charge in [-0.15, -0.1) is 0 Å². The van der Waals surface area contributed by atoms with Gasteiger partial charge in [-0.05, 0) is 43.7 Å². The first-order valence-corrected chi connectivity index (χ1v) is 9.81. The van der Waals surface area contributed by atoms with Crippen LogP contribution in [0.4, 0.5) is 11.6 Å². The van der Waals surface area contributed by atoms with Crippen molar-refractivity contribution in [2.24, 2.45) is 10.7 Å². The van der Waals surface area contributed by atoms with Crippen molar-refractivity contribution in [1.82, 2.24) is 20.2 Å². The van der Waals surface area contributed by atoms with E-state index in [4.69, 9.17) is 5.73 Å². The number of nitrogens with two attached hydrogens (primary N) is 1. The van der Waals surface area contributed by atoms with E-state index in [1.807, 2.05) is 41.4 Å². The minimum Gasteiger partial charge on any atom is -0.364 e. The van der Waals surface area contributed by atoms with Crippen molar-refractivity contribution in [1.29, 1.82) is 0 Å². The summed E-state index contributed by atoms with van der Waals surface area (Å²) in [6.07, 6.45) is 6.53. The Balaban J connectivity index is 1.42. The quantitative estimate of drug-likeness (QED) is 0.617. The number of para-hydroxylation sites is 1. The summed E-state index contributed by atoms with van der Waals surface area (Å²) in [7, 11) is 0. The molecule has 1 aromatic carbocycles. The fraction of sp³-hybridized carbons (Fsp3) is 0.286. The predicted molar refractivity (Wildman–Crippen MR) is 113 cm³/mol. The van der Waals surface area contributed by atoms with Crippen molar-refractivity contribution >= 4 is 29.0 Å². The first-order valence-electron chi connectivity index (χ1n) is 9.81. The van der Waals surface area contributed by atoms with Crippen molar-refractivity contribution in [3.05, 3.63) is 60.6 Å². The molecule has 1 fully saturated rings. The number of aromatic nitrogens is 2. The lowest BCUT2D eigenvalue weighted by Crippen LogP contribution is -2.50. The lowest BCUT2D eigenvalue weighted by molar-refractivity contribution is -0.111. The molecule has 9 heteroatoms. The van der Waals surface area contributed by atoms with Crippen LogP contribution in [0.2, 0.25) is 0 Å². The molecule has 1 saturated heterocycles. The molecular weight excluding hydrogens is 382 g/mol. The van der Waals surface area contributed by atoms with Crippen molar-refractivity contribution in [3.63, 3.8) is 0 Å². The molecule has 0 radical (unpaired) electrons. The smallest absolute Gasteiger partial charge is 0.266 e. The lowest BCUT2D eigenvalue weighted by Gasteiger charge is -2.37. The van der Waals surface area contributed by atoms with E-state index in [9.17, 15) is 9.59 Å². The normalized spacial score (nSPS) is 21.1. The van der Waals surface area contributed by atoms with E-state index in [-0.39, 0.29) is 23.6 Å².